The van der Waals surface area contributed by atoms with Crippen LogP contribution in [0, 0.1) is 5.92 Å². The van der Waals surface area contributed by atoms with Gasteiger partial charge in [0.1, 0.15) is 18.1 Å². The molecule has 0 aliphatic heterocycles. The predicted octanol–water partition coefficient (Wildman–Crippen LogP) is -3.19. The lowest BCUT2D eigenvalue weighted by Crippen LogP contribution is -2.60. The van der Waals surface area contributed by atoms with Crippen LogP contribution in [0.1, 0.15) is 46.5 Å². The second kappa shape index (κ2) is 15.4. The van der Waals surface area contributed by atoms with Crippen LogP contribution < -0.4 is 33.2 Å². The van der Waals surface area contributed by atoms with E-state index in [4.69, 9.17) is 22.3 Å². The van der Waals surface area contributed by atoms with Gasteiger partial charge in [-0.3, -0.25) is 24.2 Å². The van der Waals surface area contributed by atoms with Crippen LogP contribution in [0.3, 0.4) is 0 Å². The Morgan fingerprint density at radius 1 is 0.857 bits per heavy atom. The van der Waals surface area contributed by atoms with Crippen molar-refractivity contribution in [2.24, 2.45) is 28.1 Å². The zero-order chi connectivity index (χ0) is 27.3. The van der Waals surface area contributed by atoms with Gasteiger partial charge in [0.25, 0.3) is 0 Å². The number of carbonyl (C=O) groups excluding carboxylic acids is 3. The first-order valence-corrected chi connectivity index (χ1v) is 11.0. The highest BCUT2D eigenvalue weighted by atomic mass is 16.4. The molecule has 0 heterocycles. The molecule has 0 aromatic rings. The Hall–Kier alpha value is -3.46. The van der Waals surface area contributed by atoms with Crippen molar-refractivity contribution in [3.63, 3.8) is 0 Å². The maximum atomic E-state index is 12.8. The lowest BCUT2D eigenvalue weighted by Gasteiger charge is -2.26. The molecular weight excluding hydrogens is 466 g/mol. The number of hydrogen-bond acceptors (Lipinski definition) is 8. The number of nitrogens with zero attached hydrogens (tertiary/aromatic N) is 1. The number of carbonyl (C=O) groups is 5. The minimum atomic E-state index is -1.59. The SMILES string of the molecule is CC(C)C(N)C(=O)NC(CCC(=O)O)C(=O)NC(C(=O)NC(CCCN=C(N)N)C(=O)O)C(C)O. The summed E-state index contributed by atoms with van der Waals surface area (Å²) in [6.07, 6.45) is -2.06. The third-order valence-electron chi connectivity index (χ3n) is 4.92. The van der Waals surface area contributed by atoms with Crippen molar-refractivity contribution in [2.75, 3.05) is 6.54 Å². The van der Waals surface area contributed by atoms with Crippen molar-refractivity contribution in [3.05, 3.63) is 0 Å². The predicted molar refractivity (Wildman–Crippen MR) is 125 cm³/mol. The molecule has 0 rings (SSSR count). The van der Waals surface area contributed by atoms with E-state index in [1.807, 2.05) is 0 Å². The molecule has 0 saturated carbocycles. The smallest absolute Gasteiger partial charge is 0.326 e. The first kappa shape index (κ1) is 31.5. The number of nitrogens with one attached hydrogen (secondary N) is 3. The number of carboxylic acid groups (broad SMARTS) is 2. The van der Waals surface area contributed by atoms with Gasteiger partial charge < -0.3 is 48.5 Å². The Morgan fingerprint density at radius 3 is 1.89 bits per heavy atom. The van der Waals surface area contributed by atoms with Crippen LogP contribution in [0.25, 0.3) is 0 Å². The molecule has 5 atom stereocenters. The number of aliphatic imine (C=N–C) groups is 1. The first-order valence-electron chi connectivity index (χ1n) is 11.0. The fourth-order valence-corrected chi connectivity index (χ4v) is 2.79. The molecule has 12 N–H and O–H groups in total. The van der Waals surface area contributed by atoms with Crippen LogP contribution in [-0.2, 0) is 24.0 Å². The van der Waals surface area contributed by atoms with E-state index in [1.165, 1.54) is 6.92 Å². The number of guanidine groups is 1. The normalized spacial score (nSPS) is 15.1. The lowest BCUT2D eigenvalue weighted by molar-refractivity contribution is -0.143. The maximum absolute atomic E-state index is 12.8. The standard InChI is InChI=1S/C20H37N7O8/c1-9(2)14(21)17(32)25-11(6-7-13(29)30)16(31)27-15(10(3)28)18(33)26-12(19(34)35)5-4-8-24-20(22)23/h9-12,14-15,28H,4-8,21H2,1-3H3,(H,25,32)(H,26,33)(H,27,31)(H,29,30)(H,34,35)(H4,22,23,24). The summed E-state index contributed by atoms with van der Waals surface area (Å²) in [6.45, 7) is 4.68. The summed E-state index contributed by atoms with van der Waals surface area (Å²) in [4.78, 5) is 64.0. The molecule has 0 aromatic carbocycles. The minimum Gasteiger partial charge on any atom is -0.481 e. The van der Waals surface area contributed by atoms with Crippen LogP contribution >= 0.6 is 0 Å². The number of aliphatic hydroxyl groups excluding tert-OH is 1. The molecule has 3 amide bonds. The van der Waals surface area contributed by atoms with Crippen LogP contribution in [0.5, 0.6) is 0 Å². The van der Waals surface area contributed by atoms with E-state index in [-0.39, 0.29) is 37.7 Å². The number of aliphatic carboxylic acids is 2. The van der Waals surface area contributed by atoms with Crippen molar-refractivity contribution >= 4 is 35.6 Å². The summed E-state index contributed by atoms with van der Waals surface area (Å²) in [5.74, 6) is -5.66. The molecule has 0 spiro atoms. The highest BCUT2D eigenvalue weighted by Gasteiger charge is 2.33. The Balaban J connectivity index is 5.43. The highest BCUT2D eigenvalue weighted by molar-refractivity contribution is 5.94. The minimum absolute atomic E-state index is 0.0390. The zero-order valence-corrected chi connectivity index (χ0v) is 20.1. The Labute approximate surface area is 202 Å². The molecule has 0 saturated heterocycles. The third kappa shape index (κ3) is 12.5. The summed E-state index contributed by atoms with van der Waals surface area (Å²) in [5.41, 5.74) is 16.2. The second-order valence-electron chi connectivity index (χ2n) is 8.34. The van der Waals surface area contributed by atoms with Gasteiger partial charge in [-0.25, -0.2) is 4.79 Å². The first-order chi connectivity index (χ1) is 16.2. The van der Waals surface area contributed by atoms with Crippen molar-refractivity contribution in [1.29, 1.82) is 0 Å². The van der Waals surface area contributed by atoms with E-state index in [0.29, 0.717) is 0 Å². The van der Waals surface area contributed by atoms with Gasteiger partial charge in [0.05, 0.1) is 12.1 Å². The van der Waals surface area contributed by atoms with Crippen molar-refractivity contribution in [1.82, 2.24) is 16.0 Å². The van der Waals surface area contributed by atoms with Crippen LogP contribution in [0.2, 0.25) is 0 Å². The van der Waals surface area contributed by atoms with E-state index in [0.717, 1.165) is 0 Å². The lowest BCUT2D eigenvalue weighted by atomic mass is 10.0. The zero-order valence-electron chi connectivity index (χ0n) is 20.1. The van der Waals surface area contributed by atoms with Gasteiger partial charge in [0.2, 0.25) is 17.7 Å². The molecule has 0 aliphatic carbocycles. The van der Waals surface area contributed by atoms with Crippen molar-refractivity contribution in [3.8, 4) is 0 Å². The quantitative estimate of drug-likeness (QED) is 0.0574. The number of nitrogens with two attached hydrogens (primary N) is 3. The Bertz CT molecular complexity index is 783. The molecule has 35 heavy (non-hydrogen) atoms. The van der Waals surface area contributed by atoms with Gasteiger partial charge in [-0.15, -0.1) is 0 Å². The summed E-state index contributed by atoms with van der Waals surface area (Å²) in [6, 6.07) is -5.29. The molecule has 200 valence electrons. The van der Waals surface area contributed by atoms with Crippen molar-refractivity contribution < 1.29 is 39.3 Å². The summed E-state index contributed by atoms with van der Waals surface area (Å²) in [5, 5.41) is 35.2. The third-order valence-corrected chi connectivity index (χ3v) is 4.92. The number of aliphatic hydroxyl groups is 1. The average molecular weight is 504 g/mol. The molecule has 5 unspecified atom stereocenters. The number of hydrogen-bond donors (Lipinski definition) is 9. The molecule has 0 aliphatic rings. The van der Waals surface area contributed by atoms with Gasteiger partial charge >= 0.3 is 11.9 Å². The van der Waals surface area contributed by atoms with E-state index >= 15 is 0 Å². The Morgan fingerprint density at radius 2 is 1.43 bits per heavy atom. The van der Waals surface area contributed by atoms with Crippen molar-refractivity contribution in [2.45, 2.75) is 76.7 Å². The number of amides is 3. The monoisotopic (exact) mass is 503 g/mol. The summed E-state index contributed by atoms with van der Waals surface area (Å²) >= 11 is 0. The molecule has 15 heteroatoms. The van der Waals surface area contributed by atoms with Crippen LogP contribution in [-0.4, -0.2) is 87.8 Å². The molecule has 0 bridgehead atoms. The van der Waals surface area contributed by atoms with E-state index < -0.39 is 66.4 Å². The largest absolute Gasteiger partial charge is 0.481 e. The second-order valence-corrected chi connectivity index (χ2v) is 8.34. The van der Waals surface area contributed by atoms with Crippen LogP contribution in [0.15, 0.2) is 4.99 Å². The van der Waals surface area contributed by atoms with E-state index in [1.54, 1.807) is 13.8 Å². The molecule has 0 aromatic heterocycles. The Kier molecular flexibility index (Phi) is 13.9. The van der Waals surface area contributed by atoms with E-state index in [9.17, 15) is 34.2 Å². The van der Waals surface area contributed by atoms with Gasteiger partial charge in [-0.2, -0.15) is 0 Å². The number of rotatable bonds is 16. The van der Waals surface area contributed by atoms with Crippen LogP contribution in [0.4, 0.5) is 0 Å². The topological polar surface area (TPSA) is 273 Å². The molecular formula is C20H37N7O8. The maximum Gasteiger partial charge on any atom is 0.326 e. The highest BCUT2D eigenvalue weighted by Crippen LogP contribution is 2.06. The number of carboxylic acids is 2. The fourth-order valence-electron chi connectivity index (χ4n) is 2.79. The van der Waals surface area contributed by atoms with E-state index in [2.05, 4.69) is 20.9 Å². The van der Waals surface area contributed by atoms with Gasteiger partial charge in [-0.05, 0) is 32.1 Å². The van der Waals surface area contributed by atoms with Gasteiger partial charge in [0.15, 0.2) is 5.96 Å². The van der Waals surface area contributed by atoms with Gasteiger partial charge in [0, 0.05) is 13.0 Å². The average Bonchev–Trinajstić information content (AvgIpc) is 2.74. The molecule has 0 radical (unpaired) electrons. The summed E-state index contributed by atoms with van der Waals surface area (Å²) in [7, 11) is 0. The molecule has 0 fully saturated rings. The molecule has 15 nitrogen and oxygen atoms in total. The van der Waals surface area contributed by atoms with Gasteiger partial charge in [-0.1, -0.05) is 13.8 Å². The fraction of sp³-hybridized carbons (Fsp3) is 0.700. The summed E-state index contributed by atoms with van der Waals surface area (Å²) < 4.78 is 0.